The standard InChI is InChI=1S/C24H38N2O6/c1-3-31-23(29)17-13-19-32-20-14-12-18-25-24(20)26-21(27)15-10-8-6-4-5-7-9-11-16-22(28)30-2/h12,14,18H,3-11,13,15-17,19H2,1-2H3,(H,25,26,27). The highest BCUT2D eigenvalue weighted by atomic mass is 16.5. The maximum Gasteiger partial charge on any atom is 0.305 e. The Hall–Kier alpha value is -2.64. The molecule has 0 atom stereocenters. The molecule has 32 heavy (non-hydrogen) atoms. The minimum atomic E-state index is -0.241. The number of pyridine rings is 1. The van der Waals surface area contributed by atoms with Crippen molar-refractivity contribution in [1.29, 1.82) is 0 Å². The third-order valence-electron chi connectivity index (χ3n) is 4.88. The van der Waals surface area contributed by atoms with Crippen molar-refractivity contribution in [2.45, 2.75) is 84.0 Å². The molecule has 0 bridgehead atoms. The smallest absolute Gasteiger partial charge is 0.305 e. The quantitative estimate of drug-likeness (QED) is 0.253. The number of esters is 2. The molecule has 0 aliphatic rings. The van der Waals surface area contributed by atoms with E-state index in [0.717, 1.165) is 51.4 Å². The van der Waals surface area contributed by atoms with E-state index in [1.807, 2.05) is 0 Å². The summed E-state index contributed by atoms with van der Waals surface area (Å²) >= 11 is 0. The van der Waals surface area contributed by atoms with Gasteiger partial charge >= 0.3 is 11.9 Å². The minimum Gasteiger partial charge on any atom is -0.490 e. The molecule has 8 heteroatoms. The van der Waals surface area contributed by atoms with Crippen LogP contribution in [0.2, 0.25) is 0 Å². The van der Waals surface area contributed by atoms with Crippen LogP contribution in [-0.2, 0) is 23.9 Å². The number of anilines is 1. The third-order valence-corrected chi connectivity index (χ3v) is 4.88. The normalized spacial score (nSPS) is 10.4. The van der Waals surface area contributed by atoms with E-state index < -0.39 is 0 Å². The summed E-state index contributed by atoms with van der Waals surface area (Å²) in [6.07, 6.45) is 11.7. The molecule has 0 aliphatic heterocycles. The molecule has 1 aromatic heterocycles. The van der Waals surface area contributed by atoms with Crippen LogP contribution in [0, 0.1) is 0 Å². The van der Waals surface area contributed by atoms with Gasteiger partial charge in [0.05, 0.1) is 20.3 Å². The number of hydrogen-bond acceptors (Lipinski definition) is 7. The maximum absolute atomic E-state index is 12.2. The average molecular weight is 451 g/mol. The summed E-state index contributed by atoms with van der Waals surface area (Å²) in [5, 5.41) is 2.82. The molecule has 8 nitrogen and oxygen atoms in total. The third kappa shape index (κ3) is 13.6. The molecule has 0 radical (unpaired) electrons. The molecular formula is C24H38N2O6. The number of unbranched alkanes of at least 4 members (excludes halogenated alkanes) is 7. The summed E-state index contributed by atoms with van der Waals surface area (Å²) in [6, 6.07) is 3.49. The fourth-order valence-corrected chi connectivity index (χ4v) is 3.14. The Bertz CT molecular complexity index is 680. The molecule has 0 spiro atoms. The average Bonchev–Trinajstić information content (AvgIpc) is 2.79. The maximum atomic E-state index is 12.2. The van der Waals surface area contributed by atoms with Gasteiger partial charge in [-0.2, -0.15) is 0 Å². The summed E-state index contributed by atoms with van der Waals surface area (Å²) in [5.74, 6) is 0.441. The zero-order chi connectivity index (χ0) is 23.4. The van der Waals surface area contributed by atoms with Crippen molar-refractivity contribution >= 4 is 23.7 Å². The van der Waals surface area contributed by atoms with Gasteiger partial charge in [-0.15, -0.1) is 0 Å². The van der Waals surface area contributed by atoms with Gasteiger partial charge < -0.3 is 19.5 Å². The van der Waals surface area contributed by atoms with Gasteiger partial charge in [0.25, 0.3) is 0 Å². The summed E-state index contributed by atoms with van der Waals surface area (Å²) in [4.78, 5) is 38.8. The first-order chi connectivity index (χ1) is 15.6. The van der Waals surface area contributed by atoms with Crippen LogP contribution in [0.25, 0.3) is 0 Å². The van der Waals surface area contributed by atoms with Gasteiger partial charge in [0, 0.05) is 25.5 Å². The number of nitrogens with one attached hydrogen (secondary N) is 1. The van der Waals surface area contributed by atoms with Gasteiger partial charge in [-0.25, -0.2) is 4.98 Å². The van der Waals surface area contributed by atoms with Gasteiger partial charge in [-0.3, -0.25) is 14.4 Å². The lowest BCUT2D eigenvalue weighted by Gasteiger charge is -2.11. The molecule has 1 rings (SSSR count). The number of rotatable bonds is 18. The number of hydrogen-bond donors (Lipinski definition) is 1. The van der Waals surface area contributed by atoms with Crippen molar-refractivity contribution in [1.82, 2.24) is 4.98 Å². The van der Waals surface area contributed by atoms with Crippen LogP contribution in [0.5, 0.6) is 5.75 Å². The summed E-state index contributed by atoms with van der Waals surface area (Å²) in [5.41, 5.74) is 0. The second-order valence-corrected chi connectivity index (χ2v) is 7.56. The van der Waals surface area contributed by atoms with E-state index in [4.69, 9.17) is 9.47 Å². The monoisotopic (exact) mass is 450 g/mol. The molecule has 180 valence electrons. The lowest BCUT2D eigenvalue weighted by molar-refractivity contribution is -0.143. The van der Waals surface area contributed by atoms with Crippen molar-refractivity contribution < 1.29 is 28.6 Å². The molecule has 1 heterocycles. The van der Waals surface area contributed by atoms with Crippen molar-refractivity contribution in [3.63, 3.8) is 0 Å². The fraction of sp³-hybridized carbons (Fsp3) is 0.667. The predicted octanol–water partition coefficient (Wildman–Crippen LogP) is 4.82. The molecule has 0 unspecified atom stereocenters. The van der Waals surface area contributed by atoms with Crippen LogP contribution in [0.4, 0.5) is 5.82 Å². The van der Waals surface area contributed by atoms with Crippen LogP contribution in [0.3, 0.4) is 0 Å². The zero-order valence-electron chi connectivity index (χ0n) is 19.5. The van der Waals surface area contributed by atoms with Crippen molar-refractivity contribution in [2.24, 2.45) is 0 Å². The molecule has 1 N–H and O–H groups in total. The lowest BCUT2D eigenvalue weighted by atomic mass is 10.1. The molecule has 0 fully saturated rings. The largest absolute Gasteiger partial charge is 0.490 e. The second kappa shape index (κ2) is 18.0. The van der Waals surface area contributed by atoms with Gasteiger partial charge in [0.1, 0.15) is 0 Å². The van der Waals surface area contributed by atoms with Gasteiger partial charge in [0.15, 0.2) is 11.6 Å². The number of methoxy groups -OCH3 is 1. The van der Waals surface area contributed by atoms with E-state index >= 15 is 0 Å². The molecule has 1 aromatic rings. The summed E-state index contributed by atoms with van der Waals surface area (Å²) < 4.78 is 15.2. The highest BCUT2D eigenvalue weighted by Crippen LogP contribution is 2.21. The van der Waals surface area contributed by atoms with E-state index in [0.29, 0.717) is 50.5 Å². The number of aromatic nitrogens is 1. The first kappa shape index (κ1) is 27.4. The second-order valence-electron chi connectivity index (χ2n) is 7.56. The Morgan fingerprint density at radius 1 is 0.875 bits per heavy atom. The number of carbonyl (C=O) groups excluding carboxylic acids is 3. The number of carbonyl (C=O) groups is 3. The number of ether oxygens (including phenoxy) is 3. The summed E-state index contributed by atoms with van der Waals surface area (Å²) in [6.45, 7) is 2.49. The first-order valence-corrected chi connectivity index (χ1v) is 11.7. The first-order valence-electron chi connectivity index (χ1n) is 11.7. The van der Waals surface area contributed by atoms with E-state index in [-0.39, 0.29) is 17.8 Å². The SMILES string of the molecule is CCOC(=O)CCCOc1cccnc1NC(=O)CCCCCCCCCCC(=O)OC. The van der Waals surface area contributed by atoms with Gasteiger partial charge in [-0.1, -0.05) is 38.5 Å². The van der Waals surface area contributed by atoms with E-state index in [9.17, 15) is 14.4 Å². The fourth-order valence-electron chi connectivity index (χ4n) is 3.14. The Kier molecular flexibility index (Phi) is 15.4. The van der Waals surface area contributed by atoms with Gasteiger partial charge in [0.2, 0.25) is 5.91 Å². The van der Waals surface area contributed by atoms with Crippen LogP contribution in [0.15, 0.2) is 18.3 Å². The van der Waals surface area contributed by atoms with Crippen LogP contribution < -0.4 is 10.1 Å². The van der Waals surface area contributed by atoms with Crippen molar-refractivity contribution in [2.75, 3.05) is 25.6 Å². The van der Waals surface area contributed by atoms with Crippen LogP contribution >= 0.6 is 0 Å². The van der Waals surface area contributed by atoms with E-state index in [1.54, 1.807) is 25.3 Å². The minimum absolute atomic E-state index is 0.0807. The highest BCUT2D eigenvalue weighted by Gasteiger charge is 2.10. The van der Waals surface area contributed by atoms with Crippen LogP contribution in [0.1, 0.15) is 84.0 Å². The molecule has 0 aromatic carbocycles. The van der Waals surface area contributed by atoms with Crippen molar-refractivity contribution in [3.8, 4) is 5.75 Å². The predicted molar refractivity (Wildman–Crippen MR) is 122 cm³/mol. The van der Waals surface area contributed by atoms with Crippen molar-refractivity contribution in [3.05, 3.63) is 18.3 Å². The number of amides is 1. The van der Waals surface area contributed by atoms with Gasteiger partial charge in [-0.05, 0) is 38.3 Å². The highest BCUT2D eigenvalue weighted by molar-refractivity contribution is 5.91. The lowest BCUT2D eigenvalue weighted by Crippen LogP contribution is -2.14. The zero-order valence-corrected chi connectivity index (χ0v) is 19.5. The molecular weight excluding hydrogens is 412 g/mol. The molecule has 1 amide bonds. The summed E-state index contributed by atoms with van der Waals surface area (Å²) in [7, 11) is 1.42. The molecule has 0 aliphatic carbocycles. The van der Waals surface area contributed by atoms with Crippen LogP contribution in [-0.4, -0.2) is 43.2 Å². The Labute approximate surface area is 191 Å². The topological polar surface area (TPSA) is 104 Å². The Balaban J connectivity index is 2.14. The Morgan fingerprint density at radius 2 is 1.50 bits per heavy atom. The van der Waals surface area contributed by atoms with E-state index in [2.05, 4.69) is 15.0 Å². The Morgan fingerprint density at radius 3 is 2.16 bits per heavy atom. The number of nitrogens with zero attached hydrogens (tertiary/aromatic N) is 1. The van der Waals surface area contributed by atoms with E-state index in [1.165, 1.54) is 7.11 Å². The molecule has 0 saturated carbocycles. The molecule has 0 saturated heterocycles.